The van der Waals surface area contributed by atoms with Crippen molar-refractivity contribution in [2.24, 2.45) is 0 Å². The summed E-state index contributed by atoms with van der Waals surface area (Å²) in [4.78, 5) is 8.76. The lowest BCUT2D eigenvalue weighted by Gasteiger charge is -2.16. The molecule has 3 N–H and O–H groups in total. The summed E-state index contributed by atoms with van der Waals surface area (Å²) in [5, 5.41) is 15.6. The molecule has 0 spiro atoms. The SMILES string of the molecule is CCNc1cc(NC(CC)CO)nc(COCC)n1. The Morgan fingerprint density at radius 1 is 1.26 bits per heavy atom. The average molecular weight is 268 g/mol. The number of nitrogens with one attached hydrogen (secondary N) is 2. The van der Waals surface area contributed by atoms with Crippen LogP contribution >= 0.6 is 0 Å². The summed E-state index contributed by atoms with van der Waals surface area (Å²) in [7, 11) is 0. The zero-order chi connectivity index (χ0) is 14.1. The normalized spacial score (nSPS) is 12.2. The van der Waals surface area contributed by atoms with Crippen molar-refractivity contribution in [3.8, 4) is 0 Å². The lowest BCUT2D eigenvalue weighted by molar-refractivity contribution is 0.128. The van der Waals surface area contributed by atoms with Crippen molar-refractivity contribution in [3.63, 3.8) is 0 Å². The van der Waals surface area contributed by atoms with E-state index in [0.717, 1.165) is 18.8 Å². The summed E-state index contributed by atoms with van der Waals surface area (Å²) >= 11 is 0. The standard InChI is InChI=1S/C13H24N4O2/c1-4-10(8-18)15-12-7-11(14-5-2)16-13(17-12)9-19-6-3/h7,10,18H,4-6,8-9H2,1-3H3,(H2,14,15,16,17). The number of aliphatic hydroxyl groups excluding tert-OH is 1. The molecule has 0 amide bonds. The van der Waals surface area contributed by atoms with Crippen LogP contribution in [-0.2, 0) is 11.3 Å². The highest BCUT2D eigenvalue weighted by molar-refractivity contribution is 5.48. The summed E-state index contributed by atoms with van der Waals surface area (Å²) in [5.41, 5.74) is 0. The number of rotatable bonds is 9. The maximum atomic E-state index is 9.22. The topological polar surface area (TPSA) is 79.3 Å². The van der Waals surface area contributed by atoms with Crippen LogP contribution in [0.25, 0.3) is 0 Å². The molecule has 0 fully saturated rings. The fourth-order valence-electron chi connectivity index (χ4n) is 1.59. The molecule has 0 aliphatic carbocycles. The van der Waals surface area contributed by atoms with Gasteiger partial charge in [0.25, 0.3) is 0 Å². The Bertz CT molecular complexity index is 370. The van der Waals surface area contributed by atoms with Crippen molar-refractivity contribution < 1.29 is 9.84 Å². The molecule has 1 aromatic heterocycles. The first kappa shape index (κ1) is 15.7. The molecule has 1 rings (SSSR count). The fraction of sp³-hybridized carbons (Fsp3) is 0.692. The summed E-state index contributed by atoms with van der Waals surface area (Å²) < 4.78 is 5.34. The van der Waals surface area contributed by atoms with E-state index in [-0.39, 0.29) is 12.6 Å². The molecule has 1 atom stereocenters. The van der Waals surface area contributed by atoms with Crippen molar-refractivity contribution in [2.75, 3.05) is 30.4 Å². The summed E-state index contributed by atoms with van der Waals surface area (Å²) in [6.45, 7) is 7.86. The number of aliphatic hydroxyl groups is 1. The van der Waals surface area contributed by atoms with Gasteiger partial charge in [-0.25, -0.2) is 9.97 Å². The fourth-order valence-corrected chi connectivity index (χ4v) is 1.59. The molecule has 0 saturated carbocycles. The second-order valence-electron chi connectivity index (χ2n) is 4.15. The highest BCUT2D eigenvalue weighted by Gasteiger charge is 2.08. The first-order valence-corrected chi connectivity index (χ1v) is 6.80. The second kappa shape index (κ2) is 8.66. The minimum atomic E-state index is 0.00400. The van der Waals surface area contributed by atoms with Crippen LogP contribution in [0.3, 0.4) is 0 Å². The van der Waals surface area contributed by atoms with Crippen LogP contribution in [0, 0.1) is 0 Å². The minimum absolute atomic E-state index is 0.00400. The van der Waals surface area contributed by atoms with Gasteiger partial charge in [-0.15, -0.1) is 0 Å². The van der Waals surface area contributed by atoms with Gasteiger partial charge in [0.15, 0.2) is 5.82 Å². The van der Waals surface area contributed by atoms with E-state index in [1.807, 2.05) is 26.8 Å². The van der Waals surface area contributed by atoms with E-state index in [0.29, 0.717) is 24.9 Å². The average Bonchev–Trinajstić information content (AvgIpc) is 2.42. The molecule has 108 valence electrons. The molecule has 0 aliphatic heterocycles. The molecular formula is C13H24N4O2. The first-order valence-electron chi connectivity index (χ1n) is 6.80. The Morgan fingerprint density at radius 3 is 2.58 bits per heavy atom. The first-order chi connectivity index (χ1) is 9.23. The molecular weight excluding hydrogens is 244 g/mol. The van der Waals surface area contributed by atoms with E-state index in [1.54, 1.807) is 0 Å². The molecule has 1 heterocycles. The minimum Gasteiger partial charge on any atom is -0.394 e. The predicted octanol–water partition coefficient (Wildman–Crippen LogP) is 1.63. The number of hydrogen-bond acceptors (Lipinski definition) is 6. The molecule has 0 aliphatic rings. The number of ether oxygens (including phenoxy) is 1. The van der Waals surface area contributed by atoms with Crippen LogP contribution in [-0.4, -0.2) is 40.9 Å². The van der Waals surface area contributed by atoms with Gasteiger partial charge in [-0.05, 0) is 20.3 Å². The Kier molecular flexibility index (Phi) is 7.14. The van der Waals surface area contributed by atoms with Gasteiger partial charge in [-0.1, -0.05) is 6.92 Å². The van der Waals surface area contributed by atoms with E-state index < -0.39 is 0 Å². The smallest absolute Gasteiger partial charge is 0.158 e. The molecule has 6 nitrogen and oxygen atoms in total. The molecule has 1 aromatic rings. The number of nitrogens with zero attached hydrogens (tertiary/aromatic N) is 2. The van der Waals surface area contributed by atoms with Crippen molar-refractivity contribution in [2.45, 2.75) is 39.8 Å². The van der Waals surface area contributed by atoms with Crippen molar-refractivity contribution in [1.29, 1.82) is 0 Å². The van der Waals surface area contributed by atoms with Crippen LogP contribution in [0.2, 0.25) is 0 Å². The Morgan fingerprint density at radius 2 is 2.00 bits per heavy atom. The Hall–Kier alpha value is -1.40. The number of hydrogen-bond donors (Lipinski definition) is 3. The van der Waals surface area contributed by atoms with E-state index in [9.17, 15) is 5.11 Å². The third-order valence-corrected chi connectivity index (χ3v) is 2.63. The van der Waals surface area contributed by atoms with Gasteiger partial charge in [0, 0.05) is 19.2 Å². The largest absolute Gasteiger partial charge is 0.394 e. The highest BCUT2D eigenvalue weighted by atomic mass is 16.5. The molecule has 0 saturated heterocycles. The van der Waals surface area contributed by atoms with Gasteiger partial charge in [0.1, 0.15) is 18.2 Å². The lowest BCUT2D eigenvalue weighted by Crippen LogP contribution is -2.23. The third kappa shape index (κ3) is 5.40. The van der Waals surface area contributed by atoms with E-state index in [2.05, 4.69) is 20.6 Å². The van der Waals surface area contributed by atoms with Crippen LogP contribution in [0.1, 0.15) is 33.0 Å². The number of anilines is 2. The van der Waals surface area contributed by atoms with Crippen molar-refractivity contribution in [3.05, 3.63) is 11.9 Å². The Labute approximate surface area is 114 Å². The lowest BCUT2D eigenvalue weighted by atomic mass is 10.2. The van der Waals surface area contributed by atoms with Crippen LogP contribution in [0.15, 0.2) is 6.07 Å². The second-order valence-corrected chi connectivity index (χ2v) is 4.15. The third-order valence-electron chi connectivity index (χ3n) is 2.63. The predicted molar refractivity (Wildman–Crippen MR) is 76.3 cm³/mol. The molecule has 0 bridgehead atoms. The van der Waals surface area contributed by atoms with Crippen LogP contribution < -0.4 is 10.6 Å². The molecule has 1 unspecified atom stereocenters. The van der Waals surface area contributed by atoms with Crippen molar-refractivity contribution >= 4 is 11.6 Å². The van der Waals surface area contributed by atoms with E-state index in [4.69, 9.17) is 4.74 Å². The Balaban J connectivity index is 2.85. The van der Waals surface area contributed by atoms with Gasteiger partial charge >= 0.3 is 0 Å². The van der Waals surface area contributed by atoms with E-state index >= 15 is 0 Å². The maximum Gasteiger partial charge on any atom is 0.158 e. The molecule has 19 heavy (non-hydrogen) atoms. The van der Waals surface area contributed by atoms with Gasteiger partial charge in [0.05, 0.1) is 12.6 Å². The monoisotopic (exact) mass is 268 g/mol. The van der Waals surface area contributed by atoms with Gasteiger partial charge < -0.3 is 20.5 Å². The summed E-state index contributed by atoms with van der Waals surface area (Å²) in [6.07, 6.45) is 0.831. The maximum absolute atomic E-state index is 9.22. The zero-order valence-corrected chi connectivity index (χ0v) is 11.9. The van der Waals surface area contributed by atoms with E-state index in [1.165, 1.54) is 0 Å². The molecule has 0 radical (unpaired) electrons. The summed E-state index contributed by atoms with van der Waals surface area (Å²) in [6, 6.07) is 1.85. The van der Waals surface area contributed by atoms with Crippen LogP contribution in [0.4, 0.5) is 11.6 Å². The van der Waals surface area contributed by atoms with Crippen molar-refractivity contribution in [1.82, 2.24) is 9.97 Å². The molecule has 0 aromatic carbocycles. The molecule has 6 heteroatoms. The quantitative estimate of drug-likeness (QED) is 0.631. The van der Waals surface area contributed by atoms with Gasteiger partial charge in [0.2, 0.25) is 0 Å². The van der Waals surface area contributed by atoms with Crippen LogP contribution in [0.5, 0.6) is 0 Å². The zero-order valence-electron chi connectivity index (χ0n) is 11.9. The summed E-state index contributed by atoms with van der Waals surface area (Å²) in [5.74, 6) is 2.11. The van der Waals surface area contributed by atoms with Gasteiger partial charge in [-0.2, -0.15) is 0 Å². The number of aromatic nitrogens is 2. The highest BCUT2D eigenvalue weighted by Crippen LogP contribution is 2.13. The van der Waals surface area contributed by atoms with Gasteiger partial charge in [-0.3, -0.25) is 0 Å².